The Labute approximate surface area is 137 Å². The summed E-state index contributed by atoms with van der Waals surface area (Å²) in [6.45, 7) is 6.48. The molecule has 1 atom stereocenters. The van der Waals surface area contributed by atoms with Crippen molar-refractivity contribution >= 4 is 11.6 Å². The fraction of sp³-hybridized carbons (Fsp3) is 0.316. The lowest BCUT2D eigenvalue weighted by molar-refractivity contribution is -0.122. The predicted molar refractivity (Wildman–Crippen MR) is 93.6 cm³/mol. The first-order chi connectivity index (χ1) is 11.0. The lowest BCUT2D eigenvalue weighted by atomic mass is 10.0. The molecule has 1 unspecified atom stereocenters. The standard InChI is InChI=1S/C19H24N2O2/c1-13(2)16-5-4-6-18(11-16)23-14(3)19(22)21-17-9-7-15(12-20)8-10-17/h4-11,13-14H,12,20H2,1-3H3,(H,21,22). The Kier molecular flexibility index (Phi) is 5.77. The third-order valence-electron chi connectivity index (χ3n) is 3.66. The van der Waals surface area contributed by atoms with Crippen LogP contribution in [0.1, 0.15) is 37.8 Å². The van der Waals surface area contributed by atoms with Crippen molar-refractivity contribution in [3.63, 3.8) is 0 Å². The number of hydrogen-bond acceptors (Lipinski definition) is 3. The summed E-state index contributed by atoms with van der Waals surface area (Å²) >= 11 is 0. The number of ether oxygens (including phenoxy) is 1. The topological polar surface area (TPSA) is 64.3 Å². The van der Waals surface area contributed by atoms with E-state index in [9.17, 15) is 4.79 Å². The normalized spacial score (nSPS) is 12.0. The van der Waals surface area contributed by atoms with Crippen molar-refractivity contribution in [2.45, 2.75) is 39.3 Å². The van der Waals surface area contributed by atoms with Gasteiger partial charge in [0.1, 0.15) is 5.75 Å². The number of nitrogens with one attached hydrogen (secondary N) is 1. The van der Waals surface area contributed by atoms with Crippen molar-refractivity contribution in [2.24, 2.45) is 5.73 Å². The van der Waals surface area contributed by atoms with E-state index in [4.69, 9.17) is 10.5 Å². The molecule has 0 radical (unpaired) electrons. The second kappa shape index (κ2) is 7.79. The van der Waals surface area contributed by atoms with Crippen LogP contribution in [0, 0.1) is 0 Å². The second-order valence-electron chi connectivity index (χ2n) is 5.88. The highest BCUT2D eigenvalue weighted by Crippen LogP contribution is 2.21. The first-order valence-corrected chi connectivity index (χ1v) is 7.86. The number of nitrogens with two attached hydrogens (primary N) is 1. The number of benzene rings is 2. The molecular formula is C19H24N2O2. The van der Waals surface area contributed by atoms with E-state index in [0.717, 1.165) is 11.3 Å². The van der Waals surface area contributed by atoms with Crippen LogP contribution in [-0.2, 0) is 11.3 Å². The van der Waals surface area contributed by atoms with Crippen molar-refractivity contribution < 1.29 is 9.53 Å². The summed E-state index contributed by atoms with van der Waals surface area (Å²) in [6, 6.07) is 15.3. The van der Waals surface area contributed by atoms with Gasteiger partial charge in [0.15, 0.2) is 6.10 Å². The van der Waals surface area contributed by atoms with Crippen LogP contribution in [0.15, 0.2) is 48.5 Å². The van der Waals surface area contributed by atoms with Gasteiger partial charge >= 0.3 is 0 Å². The van der Waals surface area contributed by atoms with Crippen LogP contribution in [-0.4, -0.2) is 12.0 Å². The molecule has 0 aromatic heterocycles. The average Bonchev–Trinajstić information content (AvgIpc) is 2.55. The zero-order valence-corrected chi connectivity index (χ0v) is 13.9. The highest BCUT2D eigenvalue weighted by Gasteiger charge is 2.15. The maximum Gasteiger partial charge on any atom is 0.265 e. The lowest BCUT2D eigenvalue weighted by Gasteiger charge is -2.16. The maximum atomic E-state index is 12.2. The van der Waals surface area contributed by atoms with Gasteiger partial charge in [0.25, 0.3) is 5.91 Å². The van der Waals surface area contributed by atoms with Gasteiger partial charge in [-0.2, -0.15) is 0 Å². The summed E-state index contributed by atoms with van der Waals surface area (Å²) in [5.74, 6) is 0.946. The Morgan fingerprint density at radius 2 is 1.83 bits per heavy atom. The van der Waals surface area contributed by atoms with E-state index in [0.29, 0.717) is 18.2 Å². The summed E-state index contributed by atoms with van der Waals surface area (Å²) in [6.07, 6.45) is -0.577. The Morgan fingerprint density at radius 3 is 2.43 bits per heavy atom. The molecule has 2 aromatic rings. The van der Waals surface area contributed by atoms with Crippen molar-refractivity contribution in [1.29, 1.82) is 0 Å². The first-order valence-electron chi connectivity index (χ1n) is 7.86. The molecule has 2 aromatic carbocycles. The van der Waals surface area contributed by atoms with Gasteiger partial charge in [-0.15, -0.1) is 0 Å². The number of anilines is 1. The summed E-state index contributed by atoms with van der Waals surface area (Å²) in [4.78, 5) is 12.2. The van der Waals surface area contributed by atoms with Gasteiger partial charge in [0.2, 0.25) is 0 Å². The number of carbonyl (C=O) groups excluding carboxylic acids is 1. The molecule has 122 valence electrons. The third kappa shape index (κ3) is 4.83. The third-order valence-corrected chi connectivity index (χ3v) is 3.66. The number of carbonyl (C=O) groups is 1. The van der Waals surface area contributed by atoms with Crippen molar-refractivity contribution in [1.82, 2.24) is 0 Å². The summed E-state index contributed by atoms with van der Waals surface area (Å²) < 4.78 is 5.75. The maximum absolute atomic E-state index is 12.2. The zero-order chi connectivity index (χ0) is 16.8. The van der Waals surface area contributed by atoms with E-state index in [-0.39, 0.29) is 5.91 Å². The Hall–Kier alpha value is -2.33. The average molecular weight is 312 g/mol. The molecule has 0 bridgehead atoms. The highest BCUT2D eigenvalue weighted by atomic mass is 16.5. The molecule has 0 saturated carbocycles. The molecule has 1 amide bonds. The molecule has 4 nitrogen and oxygen atoms in total. The lowest BCUT2D eigenvalue weighted by Crippen LogP contribution is -2.30. The van der Waals surface area contributed by atoms with E-state index in [2.05, 4.69) is 25.2 Å². The molecule has 0 aliphatic carbocycles. The molecule has 23 heavy (non-hydrogen) atoms. The minimum absolute atomic E-state index is 0.180. The van der Waals surface area contributed by atoms with Crippen LogP contribution in [0.2, 0.25) is 0 Å². The van der Waals surface area contributed by atoms with E-state index in [1.54, 1.807) is 6.92 Å². The molecule has 0 saturated heterocycles. The van der Waals surface area contributed by atoms with E-state index >= 15 is 0 Å². The van der Waals surface area contributed by atoms with Crippen LogP contribution in [0.4, 0.5) is 5.69 Å². The van der Waals surface area contributed by atoms with Crippen LogP contribution in [0.25, 0.3) is 0 Å². The van der Waals surface area contributed by atoms with Gasteiger partial charge < -0.3 is 15.8 Å². The quantitative estimate of drug-likeness (QED) is 0.855. The summed E-state index contributed by atoms with van der Waals surface area (Å²) in [7, 11) is 0. The second-order valence-corrected chi connectivity index (χ2v) is 5.88. The fourth-order valence-electron chi connectivity index (χ4n) is 2.17. The largest absolute Gasteiger partial charge is 0.481 e. The minimum Gasteiger partial charge on any atom is -0.481 e. The smallest absolute Gasteiger partial charge is 0.265 e. The SMILES string of the molecule is CC(Oc1cccc(C(C)C)c1)C(=O)Nc1ccc(CN)cc1. The molecular weight excluding hydrogens is 288 g/mol. The number of rotatable bonds is 6. The number of amides is 1. The molecule has 3 N–H and O–H groups in total. The summed E-state index contributed by atoms with van der Waals surface area (Å²) in [5, 5.41) is 2.85. The van der Waals surface area contributed by atoms with Crippen molar-refractivity contribution in [3.05, 3.63) is 59.7 Å². The molecule has 0 fully saturated rings. The van der Waals surface area contributed by atoms with Gasteiger partial charge in [-0.05, 0) is 48.2 Å². The molecule has 4 heteroatoms. The van der Waals surface area contributed by atoms with Crippen molar-refractivity contribution in [3.8, 4) is 5.75 Å². The van der Waals surface area contributed by atoms with Gasteiger partial charge in [0.05, 0.1) is 0 Å². The summed E-state index contributed by atoms with van der Waals surface area (Å²) in [5.41, 5.74) is 8.51. The van der Waals surface area contributed by atoms with E-state index in [1.807, 2.05) is 42.5 Å². The highest BCUT2D eigenvalue weighted by molar-refractivity contribution is 5.94. The van der Waals surface area contributed by atoms with Gasteiger partial charge in [-0.3, -0.25) is 4.79 Å². The molecule has 2 rings (SSSR count). The van der Waals surface area contributed by atoms with Gasteiger partial charge in [-0.1, -0.05) is 38.1 Å². The first kappa shape index (κ1) is 17.0. The van der Waals surface area contributed by atoms with Crippen molar-refractivity contribution in [2.75, 3.05) is 5.32 Å². The molecule has 0 aliphatic rings. The van der Waals surface area contributed by atoms with Crippen LogP contribution in [0.3, 0.4) is 0 Å². The minimum atomic E-state index is -0.577. The Balaban J connectivity index is 1.97. The number of hydrogen-bond donors (Lipinski definition) is 2. The van der Waals surface area contributed by atoms with Gasteiger partial charge in [0, 0.05) is 12.2 Å². The van der Waals surface area contributed by atoms with E-state index < -0.39 is 6.10 Å². The fourth-order valence-corrected chi connectivity index (χ4v) is 2.17. The Bertz CT molecular complexity index is 651. The zero-order valence-electron chi connectivity index (χ0n) is 13.9. The Morgan fingerprint density at radius 1 is 1.13 bits per heavy atom. The molecule has 0 aliphatic heterocycles. The van der Waals surface area contributed by atoms with Crippen LogP contribution >= 0.6 is 0 Å². The van der Waals surface area contributed by atoms with Crippen LogP contribution in [0.5, 0.6) is 5.75 Å². The predicted octanol–water partition coefficient (Wildman–Crippen LogP) is 3.67. The molecule has 0 heterocycles. The molecule has 0 spiro atoms. The monoisotopic (exact) mass is 312 g/mol. The van der Waals surface area contributed by atoms with Gasteiger partial charge in [-0.25, -0.2) is 0 Å². The van der Waals surface area contributed by atoms with Crippen LogP contribution < -0.4 is 15.8 Å². The van der Waals surface area contributed by atoms with E-state index in [1.165, 1.54) is 5.56 Å².